The molecule has 0 aliphatic heterocycles. The van der Waals surface area contributed by atoms with Crippen LogP contribution < -0.4 is 14.4 Å². The zero-order valence-corrected chi connectivity index (χ0v) is 22.1. The second kappa shape index (κ2) is 13.1. The first kappa shape index (κ1) is 28.2. The lowest BCUT2D eigenvalue weighted by molar-refractivity contribution is -0.140. The molecule has 0 aliphatic rings. The van der Waals surface area contributed by atoms with Gasteiger partial charge in [-0.2, -0.15) is 0 Å². The van der Waals surface area contributed by atoms with Gasteiger partial charge in [-0.05, 0) is 51.8 Å². The first-order valence-electron chi connectivity index (χ1n) is 11.9. The summed E-state index contributed by atoms with van der Waals surface area (Å²) in [5.74, 6) is 0.0337. The van der Waals surface area contributed by atoms with Crippen molar-refractivity contribution in [3.05, 3.63) is 59.7 Å². The minimum Gasteiger partial charge on any atom is -0.492 e. The van der Waals surface area contributed by atoms with Gasteiger partial charge in [0.15, 0.2) is 0 Å². The van der Waals surface area contributed by atoms with Gasteiger partial charge in [0.25, 0.3) is 0 Å². The second-order valence-electron chi connectivity index (χ2n) is 8.42. The van der Waals surface area contributed by atoms with Gasteiger partial charge in [-0.1, -0.05) is 42.0 Å². The summed E-state index contributed by atoms with van der Waals surface area (Å²) in [7, 11) is -3.60. The number of amides is 2. The Balaban J connectivity index is 2.19. The number of hydrogen-bond acceptors (Lipinski definition) is 5. The Kier molecular flexibility index (Phi) is 10.6. The number of benzene rings is 2. The van der Waals surface area contributed by atoms with Gasteiger partial charge in [-0.3, -0.25) is 13.9 Å². The number of hydrogen-bond donors (Lipinski definition) is 1. The highest BCUT2D eigenvalue weighted by molar-refractivity contribution is 7.92. The molecule has 2 amide bonds. The first-order chi connectivity index (χ1) is 16.6. The Hall–Kier alpha value is -3.07. The monoisotopic (exact) mass is 503 g/mol. The van der Waals surface area contributed by atoms with E-state index < -0.39 is 16.1 Å². The van der Waals surface area contributed by atoms with Gasteiger partial charge >= 0.3 is 0 Å². The molecule has 1 N–H and O–H groups in total. The van der Waals surface area contributed by atoms with Crippen LogP contribution in [0.1, 0.15) is 44.7 Å². The largest absolute Gasteiger partial charge is 0.492 e. The third-order valence-electron chi connectivity index (χ3n) is 5.54. The zero-order valence-electron chi connectivity index (χ0n) is 21.3. The van der Waals surface area contributed by atoms with Crippen molar-refractivity contribution < 1.29 is 22.7 Å². The summed E-state index contributed by atoms with van der Waals surface area (Å²) in [6.07, 6.45) is 1.52. The molecule has 0 bridgehead atoms. The van der Waals surface area contributed by atoms with Crippen LogP contribution in [0, 0.1) is 6.92 Å². The Morgan fingerprint density at radius 1 is 1.09 bits per heavy atom. The Bertz CT molecular complexity index is 1100. The van der Waals surface area contributed by atoms with E-state index in [1.54, 1.807) is 36.1 Å². The van der Waals surface area contributed by atoms with Crippen LogP contribution in [0.25, 0.3) is 0 Å². The topological polar surface area (TPSA) is 96.0 Å². The lowest BCUT2D eigenvalue weighted by atomic mass is 10.1. The van der Waals surface area contributed by atoms with Gasteiger partial charge in [0.05, 0.1) is 18.6 Å². The Morgan fingerprint density at radius 2 is 1.80 bits per heavy atom. The molecule has 0 fully saturated rings. The van der Waals surface area contributed by atoms with Crippen molar-refractivity contribution in [1.29, 1.82) is 0 Å². The zero-order chi connectivity index (χ0) is 26.0. The van der Waals surface area contributed by atoms with E-state index in [1.165, 1.54) is 4.31 Å². The van der Waals surface area contributed by atoms with Crippen LogP contribution in [-0.2, 0) is 26.2 Å². The van der Waals surface area contributed by atoms with Gasteiger partial charge in [-0.15, -0.1) is 0 Å². The molecule has 35 heavy (non-hydrogen) atoms. The van der Waals surface area contributed by atoms with Crippen molar-refractivity contribution in [3.63, 3.8) is 0 Å². The van der Waals surface area contributed by atoms with Crippen molar-refractivity contribution in [2.75, 3.05) is 30.3 Å². The minimum absolute atomic E-state index is 0.0956. The molecule has 0 saturated heterocycles. The number of rotatable bonds is 13. The molecule has 9 heteroatoms. The standard InChI is InChI=1S/C26H37N3O5S/c1-6-27-26(31)21(4)28(19-22-13-10-12-20(3)18-22)25(30)16-11-17-29(35(5,32)33)23-14-8-9-15-24(23)34-7-2/h8-10,12-15,18,21H,6-7,11,16-17,19H2,1-5H3,(H,27,31)/t21-/m0/s1. The van der Waals surface area contributed by atoms with Crippen LogP contribution in [0.3, 0.4) is 0 Å². The average molecular weight is 504 g/mol. The lowest BCUT2D eigenvalue weighted by Crippen LogP contribution is -2.47. The predicted molar refractivity (Wildman–Crippen MR) is 139 cm³/mol. The van der Waals surface area contributed by atoms with Gasteiger partial charge in [0.2, 0.25) is 21.8 Å². The summed E-state index contributed by atoms with van der Waals surface area (Å²) in [6.45, 7) is 8.62. The van der Waals surface area contributed by atoms with Crippen LogP contribution >= 0.6 is 0 Å². The van der Waals surface area contributed by atoms with E-state index in [9.17, 15) is 18.0 Å². The fourth-order valence-corrected chi connectivity index (χ4v) is 4.80. The number of nitrogens with one attached hydrogen (secondary N) is 1. The highest BCUT2D eigenvalue weighted by atomic mass is 32.2. The first-order valence-corrected chi connectivity index (χ1v) is 13.8. The molecule has 192 valence electrons. The Morgan fingerprint density at radius 3 is 2.43 bits per heavy atom. The Labute approximate surface area is 209 Å². The summed E-state index contributed by atoms with van der Waals surface area (Å²) in [5, 5.41) is 2.78. The fraction of sp³-hybridized carbons (Fsp3) is 0.462. The van der Waals surface area contributed by atoms with Crippen LogP contribution in [0.4, 0.5) is 5.69 Å². The molecule has 0 aliphatic carbocycles. The summed E-state index contributed by atoms with van der Waals surface area (Å²) in [6, 6.07) is 14.1. The van der Waals surface area contributed by atoms with Crippen molar-refractivity contribution in [2.45, 2.75) is 53.1 Å². The van der Waals surface area contributed by atoms with Gasteiger partial charge in [0.1, 0.15) is 11.8 Å². The van der Waals surface area contributed by atoms with E-state index in [0.717, 1.165) is 17.4 Å². The fourth-order valence-electron chi connectivity index (χ4n) is 3.83. The molecule has 0 unspecified atom stereocenters. The molecule has 0 aromatic heterocycles. The maximum absolute atomic E-state index is 13.3. The van der Waals surface area contributed by atoms with E-state index in [-0.39, 0.29) is 24.8 Å². The second-order valence-corrected chi connectivity index (χ2v) is 10.3. The SMILES string of the molecule is CCNC(=O)[C@H](C)N(Cc1cccc(C)c1)C(=O)CCCN(c1ccccc1OCC)S(C)(=O)=O. The number of carbonyl (C=O) groups is 2. The molecular formula is C26H37N3O5S. The lowest BCUT2D eigenvalue weighted by Gasteiger charge is -2.29. The number of likely N-dealkylation sites (N-methyl/N-ethyl adjacent to an activating group) is 1. The van der Waals surface area contributed by atoms with Crippen molar-refractivity contribution >= 4 is 27.5 Å². The van der Waals surface area contributed by atoms with Crippen LogP contribution in [0.2, 0.25) is 0 Å². The van der Waals surface area contributed by atoms with E-state index in [0.29, 0.717) is 37.6 Å². The number of carbonyl (C=O) groups excluding carboxylic acids is 2. The number of aryl methyl sites for hydroxylation is 1. The average Bonchev–Trinajstić information content (AvgIpc) is 2.80. The van der Waals surface area contributed by atoms with Crippen LogP contribution in [0.5, 0.6) is 5.75 Å². The summed E-state index contributed by atoms with van der Waals surface area (Å²) < 4.78 is 32.0. The van der Waals surface area contributed by atoms with Gasteiger partial charge < -0.3 is 15.0 Å². The summed E-state index contributed by atoms with van der Waals surface area (Å²) in [4.78, 5) is 27.4. The van der Waals surface area contributed by atoms with E-state index in [4.69, 9.17) is 4.74 Å². The molecule has 8 nitrogen and oxygen atoms in total. The maximum atomic E-state index is 13.3. The third-order valence-corrected chi connectivity index (χ3v) is 6.72. The number of sulfonamides is 1. The molecule has 2 aromatic carbocycles. The van der Waals surface area contributed by atoms with Crippen LogP contribution in [-0.4, -0.2) is 57.1 Å². The highest BCUT2D eigenvalue weighted by Crippen LogP contribution is 2.30. The molecular weight excluding hydrogens is 466 g/mol. The third kappa shape index (κ3) is 8.28. The van der Waals surface area contributed by atoms with Crippen molar-refractivity contribution in [1.82, 2.24) is 10.2 Å². The van der Waals surface area contributed by atoms with Crippen LogP contribution in [0.15, 0.2) is 48.5 Å². The minimum atomic E-state index is -3.60. The summed E-state index contributed by atoms with van der Waals surface area (Å²) in [5.41, 5.74) is 2.44. The van der Waals surface area contributed by atoms with E-state index in [2.05, 4.69) is 5.32 Å². The van der Waals surface area contributed by atoms with Gasteiger partial charge in [-0.25, -0.2) is 8.42 Å². The maximum Gasteiger partial charge on any atom is 0.242 e. The van der Waals surface area contributed by atoms with Gasteiger partial charge in [0, 0.05) is 26.1 Å². The number of nitrogens with zero attached hydrogens (tertiary/aromatic N) is 2. The molecule has 2 rings (SSSR count). The van der Waals surface area contributed by atoms with E-state index >= 15 is 0 Å². The molecule has 0 spiro atoms. The van der Waals surface area contributed by atoms with E-state index in [1.807, 2.05) is 45.0 Å². The number of anilines is 1. The van der Waals surface area contributed by atoms with Crippen molar-refractivity contribution in [3.8, 4) is 5.75 Å². The quantitative estimate of drug-likeness (QED) is 0.451. The molecule has 1 atom stereocenters. The summed E-state index contributed by atoms with van der Waals surface area (Å²) >= 11 is 0. The smallest absolute Gasteiger partial charge is 0.242 e. The normalized spacial score (nSPS) is 12.0. The number of para-hydroxylation sites is 2. The highest BCUT2D eigenvalue weighted by Gasteiger charge is 2.27. The molecule has 0 radical (unpaired) electrons. The molecule has 0 saturated carbocycles. The molecule has 0 heterocycles. The predicted octanol–water partition coefficient (Wildman–Crippen LogP) is 3.49. The van der Waals surface area contributed by atoms with Crippen molar-refractivity contribution in [2.24, 2.45) is 0 Å². The number of ether oxygens (including phenoxy) is 1. The molecule has 2 aromatic rings.